The number of alkyl halides is 3. The van der Waals surface area contributed by atoms with Crippen LogP contribution in [0, 0.1) is 5.41 Å². The van der Waals surface area contributed by atoms with Crippen LogP contribution in [0.1, 0.15) is 35.9 Å². The lowest BCUT2D eigenvalue weighted by molar-refractivity contribution is -0.137. The third kappa shape index (κ3) is 4.64. The van der Waals surface area contributed by atoms with E-state index in [9.17, 15) is 13.2 Å². The number of halogens is 4. The molecule has 1 aliphatic heterocycles. The van der Waals surface area contributed by atoms with Crippen LogP contribution in [0.15, 0.2) is 47.0 Å². The first-order valence-corrected chi connectivity index (χ1v) is 10.1. The van der Waals surface area contributed by atoms with Gasteiger partial charge in [0.25, 0.3) is 0 Å². The molecule has 3 N–H and O–H groups in total. The van der Waals surface area contributed by atoms with Crippen LogP contribution in [-0.4, -0.2) is 27.5 Å². The summed E-state index contributed by atoms with van der Waals surface area (Å²) in [6.07, 6.45) is -2.74. The largest absolute Gasteiger partial charge is 0.487 e. The smallest absolute Gasteiger partial charge is 0.416 e. The topological polar surface area (TPSA) is 101 Å². The van der Waals surface area contributed by atoms with Gasteiger partial charge in [0.1, 0.15) is 18.4 Å². The van der Waals surface area contributed by atoms with Crippen molar-refractivity contribution in [2.75, 3.05) is 6.54 Å². The highest BCUT2D eigenvalue weighted by molar-refractivity contribution is 6.32. The van der Waals surface area contributed by atoms with Gasteiger partial charge in [-0.05, 0) is 48.7 Å². The minimum atomic E-state index is -4.38. The number of hydrogen-bond acceptors (Lipinski definition) is 5. The number of nitrogens with two attached hydrogens (primary N) is 1. The van der Waals surface area contributed by atoms with Crippen molar-refractivity contribution in [3.63, 3.8) is 0 Å². The van der Waals surface area contributed by atoms with Crippen LogP contribution >= 0.6 is 11.6 Å². The van der Waals surface area contributed by atoms with Gasteiger partial charge in [0.2, 0.25) is 11.7 Å². The number of likely N-dealkylation sites (tertiary alicyclic amines) is 1. The molecule has 2 heterocycles. The molecular weight excluding hydrogens is 447 g/mol. The fourth-order valence-corrected chi connectivity index (χ4v) is 3.74. The minimum Gasteiger partial charge on any atom is -0.487 e. The van der Waals surface area contributed by atoms with E-state index in [1.54, 1.807) is 23.1 Å². The van der Waals surface area contributed by atoms with Gasteiger partial charge in [0, 0.05) is 12.1 Å². The Balaban J connectivity index is 1.44. The molecule has 11 heteroatoms. The highest BCUT2D eigenvalue weighted by Gasteiger charge is 2.32. The van der Waals surface area contributed by atoms with Gasteiger partial charge in [-0.15, -0.1) is 0 Å². The zero-order valence-corrected chi connectivity index (χ0v) is 17.5. The number of ether oxygens (including phenoxy) is 1. The SMILES string of the molecule is N=C(N)N1CCC[C@H]1c1nc(-c2ccc(OCc3ccc(C(F)(F)F)cc3)c(Cl)c2)no1. The maximum atomic E-state index is 12.7. The number of nitrogens with zero attached hydrogens (tertiary/aromatic N) is 3. The average molecular weight is 466 g/mol. The summed E-state index contributed by atoms with van der Waals surface area (Å²) in [5, 5.41) is 12.0. The second kappa shape index (κ2) is 8.70. The quantitative estimate of drug-likeness (QED) is 0.405. The summed E-state index contributed by atoms with van der Waals surface area (Å²) in [5.74, 6) is 1.06. The number of nitrogens with one attached hydrogen (secondary N) is 1. The van der Waals surface area contributed by atoms with E-state index < -0.39 is 11.7 Å². The van der Waals surface area contributed by atoms with Crippen molar-refractivity contribution in [2.45, 2.75) is 31.7 Å². The normalized spacial score (nSPS) is 16.4. The Hall–Kier alpha value is -3.27. The first kappa shape index (κ1) is 21.9. The van der Waals surface area contributed by atoms with Crippen molar-refractivity contribution < 1.29 is 22.4 Å². The molecule has 0 unspecified atom stereocenters. The Morgan fingerprint density at radius 2 is 2.00 bits per heavy atom. The number of hydrogen-bond donors (Lipinski definition) is 2. The molecule has 1 fully saturated rings. The van der Waals surface area contributed by atoms with Gasteiger partial charge >= 0.3 is 6.18 Å². The van der Waals surface area contributed by atoms with Crippen LogP contribution in [0.2, 0.25) is 5.02 Å². The second-order valence-corrected chi connectivity index (χ2v) is 7.73. The summed E-state index contributed by atoms with van der Waals surface area (Å²) in [4.78, 5) is 6.14. The Morgan fingerprint density at radius 1 is 1.25 bits per heavy atom. The van der Waals surface area contributed by atoms with Crippen LogP contribution in [0.5, 0.6) is 5.75 Å². The van der Waals surface area contributed by atoms with Crippen LogP contribution in [0.25, 0.3) is 11.4 Å². The third-order valence-corrected chi connectivity index (χ3v) is 5.45. The highest BCUT2D eigenvalue weighted by Crippen LogP contribution is 2.34. The molecule has 0 radical (unpaired) electrons. The van der Waals surface area contributed by atoms with Crippen molar-refractivity contribution in [3.8, 4) is 17.1 Å². The lowest BCUT2D eigenvalue weighted by atomic mass is 10.1. The molecular formula is C21H19ClF3N5O2. The van der Waals surface area contributed by atoms with E-state index in [2.05, 4.69) is 10.1 Å². The van der Waals surface area contributed by atoms with Crippen molar-refractivity contribution in [3.05, 3.63) is 64.5 Å². The minimum absolute atomic E-state index is 0.0372. The third-order valence-electron chi connectivity index (χ3n) is 5.15. The van der Waals surface area contributed by atoms with Crippen LogP contribution in [0.4, 0.5) is 13.2 Å². The van der Waals surface area contributed by atoms with Crippen molar-refractivity contribution in [2.24, 2.45) is 5.73 Å². The van der Waals surface area contributed by atoms with Crippen LogP contribution < -0.4 is 10.5 Å². The Morgan fingerprint density at radius 3 is 2.66 bits per heavy atom. The standard InChI is InChI=1S/C21H19ClF3N5O2/c22-15-10-13(18-28-19(32-29-18)16-2-1-9-30(16)20(26)27)5-8-17(15)31-11-12-3-6-14(7-4-12)21(23,24)25/h3-8,10,16H,1-2,9,11H2,(H3,26,27)/t16-/m0/s1. The molecule has 0 aliphatic carbocycles. The molecule has 1 saturated heterocycles. The number of guanidine groups is 1. The molecule has 7 nitrogen and oxygen atoms in total. The van der Waals surface area contributed by atoms with Crippen LogP contribution in [0.3, 0.4) is 0 Å². The maximum absolute atomic E-state index is 12.7. The monoisotopic (exact) mass is 465 g/mol. The molecule has 168 valence electrons. The summed E-state index contributed by atoms with van der Waals surface area (Å²) in [5.41, 5.74) is 6.09. The molecule has 2 aromatic carbocycles. The fraction of sp³-hybridized carbons (Fsp3) is 0.286. The van der Waals surface area contributed by atoms with Crippen molar-refractivity contribution in [1.29, 1.82) is 5.41 Å². The Labute approximate surface area is 186 Å². The number of benzene rings is 2. The average Bonchev–Trinajstić information content (AvgIpc) is 3.42. The van der Waals surface area contributed by atoms with Crippen LogP contribution in [-0.2, 0) is 12.8 Å². The molecule has 0 saturated carbocycles. The lowest BCUT2D eigenvalue weighted by Crippen LogP contribution is -2.35. The van der Waals surface area contributed by atoms with E-state index in [-0.39, 0.29) is 18.6 Å². The van der Waals surface area contributed by atoms with E-state index in [4.69, 9.17) is 32.0 Å². The molecule has 4 rings (SSSR count). The van der Waals surface area contributed by atoms with Crippen molar-refractivity contribution >= 4 is 17.6 Å². The van der Waals surface area contributed by atoms with Gasteiger partial charge in [0.15, 0.2) is 5.96 Å². The summed E-state index contributed by atoms with van der Waals surface area (Å²) < 4.78 is 49.0. The molecule has 0 amide bonds. The molecule has 0 spiro atoms. The zero-order chi connectivity index (χ0) is 22.9. The summed E-state index contributed by atoms with van der Waals surface area (Å²) in [6, 6.07) is 9.48. The summed E-state index contributed by atoms with van der Waals surface area (Å²) in [6.45, 7) is 0.723. The molecule has 1 aromatic heterocycles. The zero-order valence-electron chi connectivity index (χ0n) is 16.7. The number of rotatable bonds is 5. The van der Waals surface area contributed by atoms with Gasteiger partial charge in [-0.2, -0.15) is 18.2 Å². The van der Waals surface area contributed by atoms with Gasteiger partial charge in [-0.3, -0.25) is 5.41 Å². The van der Waals surface area contributed by atoms with E-state index in [1.165, 1.54) is 12.1 Å². The van der Waals surface area contributed by atoms with Crippen molar-refractivity contribution in [1.82, 2.24) is 15.0 Å². The molecule has 32 heavy (non-hydrogen) atoms. The predicted octanol–water partition coefficient (Wildman–Crippen LogP) is 5.02. The second-order valence-electron chi connectivity index (χ2n) is 7.32. The van der Waals surface area contributed by atoms with Gasteiger partial charge < -0.3 is 19.9 Å². The van der Waals surface area contributed by atoms with Gasteiger partial charge in [-0.1, -0.05) is 28.9 Å². The summed E-state index contributed by atoms with van der Waals surface area (Å²) in [7, 11) is 0. The van der Waals surface area contributed by atoms with Gasteiger partial charge in [-0.25, -0.2) is 0 Å². The predicted molar refractivity (Wildman–Crippen MR) is 111 cm³/mol. The first-order chi connectivity index (χ1) is 15.2. The Kier molecular flexibility index (Phi) is 5.96. The van der Waals surface area contributed by atoms with E-state index in [1.807, 2.05) is 0 Å². The molecule has 3 aromatic rings. The Bertz CT molecular complexity index is 1120. The molecule has 1 aliphatic rings. The molecule has 0 bridgehead atoms. The van der Waals surface area contributed by atoms with Gasteiger partial charge in [0.05, 0.1) is 10.6 Å². The van der Waals surface area contributed by atoms with E-state index in [0.717, 1.165) is 25.0 Å². The van der Waals surface area contributed by atoms with E-state index >= 15 is 0 Å². The number of aromatic nitrogens is 2. The molecule has 1 atom stereocenters. The lowest BCUT2D eigenvalue weighted by Gasteiger charge is -2.21. The fourth-order valence-electron chi connectivity index (χ4n) is 3.51. The maximum Gasteiger partial charge on any atom is 0.416 e. The highest BCUT2D eigenvalue weighted by atomic mass is 35.5. The first-order valence-electron chi connectivity index (χ1n) is 9.75. The van der Waals surface area contributed by atoms with E-state index in [0.29, 0.717) is 40.2 Å². The summed E-state index contributed by atoms with van der Waals surface area (Å²) >= 11 is 6.32.